The number of hydrogen-bond donors (Lipinski definition) is 0. The molecule has 2 atom stereocenters. The van der Waals surface area contributed by atoms with Crippen LogP contribution in [0.2, 0.25) is 0 Å². The van der Waals surface area contributed by atoms with Gasteiger partial charge in [-0.25, -0.2) is 8.42 Å². The second kappa shape index (κ2) is 6.31. The maximum atomic E-state index is 12.7. The van der Waals surface area contributed by atoms with Crippen LogP contribution >= 0.6 is 0 Å². The highest BCUT2D eigenvalue weighted by Gasteiger charge is 2.48. The van der Waals surface area contributed by atoms with Crippen LogP contribution in [0, 0.1) is 5.92 Å². The monoisotopic (exact) mass is 342 g/mol. The summed E-state index contributed by atoms with van der Waals surface area (Å²) in [6, 6.07) is 20.2. The van der Waals surface area contributed by atoms with E-state index in [2.05, 4.69) is 29.2 Å². The van der Waals surface area contributed by atoms with E-state index in [4.69, 9.17) is 0 Å². The summed E-state index contributed by atoms with van der Waals surface area (Å²) >= 11 is 0. The zero-order valence-corrected chi connectivity index (χ0v) is 14.4. The van der Waals surface area contributed by atoms with Gasteiger partial charge < -0.3 is 0 Å². The minimum atomic E-state index is -3.23. The van der Waals surface area contributed by atoms with E-state index in [-0.39, 0.29) is 5.75 Å². The first-order valence-corrected chi connectivity index (χ1v) is 10.0. The summed E-state index contributed by atoms with van der Waals surface area (Å²) in [4.78, 5) is 2.40. The molecule has 0 saturated carbocycles. The van der Waals surface area contributed by atoms with Gasteiger partial charge in [0, 0.05) is 38.1 Å². The van der Waals surface area contributed by atoms with Crippen LogP contribution in [0.25, 0.3) is 0 Å². The first-order chi connectivity index (χ1) is 11.6. The molecule has 0 N–H and O–H groups in total. The largest absolute Gasteiger partial charge is 0.294 e. The number of nitrogens with zero attached hydrogens (tertiary/aromatic N) is 2. The molecule has 0 amide bonds. The Kier molecular flexibility index (Phi) is 4.16. The minimum absolute atomic E-state index is 0.103. The maximum Gasteiger partial charge on any atom is 0.218 e. The van der Waals surface area contributed by atoms with Crippen LogP contribution in [0.15, 0.2) is 60.7 Å². The van der Waals surface area contributed by atoms with E-state index < -0.39 is 10.0 Å². The van der Waals surface area contributed by atoms with Crippen molar-refractivity contribution in [3.8, 4) is 0 Å². The summed E-state index contributed by atoms with van der Waals surface area (Å²) < 4.78 is 27.1. The smallest absolute Gasteiger partial charge is 0.218 e. The zero-order valence-electron chi connectivity index (χ0n) is 13.6. The van der Waals surface area contributed by atoms with Crippen LogP contribution in [0.5, 0.6) is 0 Å². The third-order valence-corrected chi connectivity index (χ3v) is 6.91. The Hall–Kier alpha value is -1.69. The van der Waals surface area contributed by atoms with Crippen molar-refractivity contribution in [2.75, 3.05) is 19.6 Å². The van der Waals surface area contributed by atoms with Gasteiger partial charge in [-0.2, -0.15) is 4.31 Å². The van der Waals surface area contributed by atoms with Gasteiger partial charge in [0.25, 0.3) is 0 Å². The number of sulfonamides is 1. The minimum Gasteiger partial charge on any atom is -0.294 e. The van der Waals surface area contributed by atoms with Crippen LogP contribution in [0.1, 0.15) is 11.1 Å². The van der Waals surface area contributed by atoms with Crippen LogP contribution in [-0.2, 0) is 22.3 Å². The second-order valence-electron chi connectivity index (χ2n) is 6.80. The molecule has 0 radical (unpaired) electrons. The van der Waals surface area contributed by atoms with Crippen LogP contribution < -0.4 is 0 Å². The number of hydrogen-bond acceptors (Lipinski definition) is 3. The summed E-state index contributed by atoms with van der Waals surface area (Å²) in [6.07, 6.45) is 0. The highest BCUT2D eigenvalue weighted by molar-refractivity contribution is 7.88. The summed E-state index contributed by atoms with van der Waals surface area (Å²) in [6.45, 7) is 3.21. The van der Waals surface area contributed by atoms with Crippen molar-refractivity contribution >= 4 is 10.0 Å². The Morgan fingerprint density at radius 3 is 2.12 bits per heavy atom. The van der Waals surface area contributed by atoms with Crippen molar-refractivity contribution < 1.29 is 8.42 Å². The molecular formula is C19H22N2O2S. The summed E-state index contributed by atoms with van der Waals surface area (Å²) in [7, 11) is -3.23. The molecule has 24 heavy (non-hydrogen) atoms. The van der Waals surface area contributed by atoms with E-state index >= 15 is 0 Å². The number of rotatable bonds is 5. The van der Waals surface area contributed by atoms with E-state index in [1.165, 1.54) is 5.56 Å². The van der Waals surface area contributed by atoms with E-state index in [1.54, 1.807) is 4.31 Å². The predicted octanol–water partition coefficient (Wildman–Crippen LogP) is 2.33. The average Bonchev–Trinajstić information content (AvgIpc) is 2.92. The highest BCUT2D eigenvalue weighted by atomic mass is 32.2. The lowest BCUT2D eigenvalue weighted by molar-refractivity contribution is 0.0435. The van der Waals surface area contributed by atoms with Crippen molar-refractivity contribution in [3.05, 3.63) is 71.8 Å². The van der Waals surface area contributed by atoms with Gasteiger partial charge >= 0.3 is 0 Å². The molecule has 0 bridgehead atoms. The number of fused-ring (bicyclic) bond motifs is 1. The van der Waals surface area contributed by atoms with Gasteiger partial charge in [-0.1, -0.05) is 60.7 Å². The molecule has 0 aliphatic carbocycles. The van der Waals surface area contributed by atoms with Crippen molar-refractivity contribution in [2.24, 2.45) is 5.92 Å². The normalized spacial score (nSPS) is 24.5. The molecule has 0 spiro atoms. The quantitative estimate of drug-likeness (QED) is 0.837. The topological polar surface area (TPSA) is 40.6 Å². The van der Waals surface area contributed by atoms with Gasteiger partial charge in [0.1, 0.15) is 0 Å². The molecule has 126 valence electrons. The van der Waals surface area contributed by atoms with E-state index in [9.17, 15) is 8.42 Å². The van der Waals surface area contributed by atoms with Gasteiger partial charge in [-0.15, -0.1) is 0 Å². The van der Waals surface area contributed by atoms with E-state index in [1.807, 2.05) is 36.4 Å². The molecule has 2 aliphatic heterocycles. The zero-order chi connectivity index (χ0) is 16.6. The number of benzene rings is 2. The SMILES string of the molecule is O=S(=O)(Cc1ccccc1)N1C[C@@H]2CN(Cc3ccccc3)[C@@H]2C1. The lowest BCUT2D eigenvalue weighted by atomic mass is 9.91. The van der Waals surface area contributed by atoms with Crippen molar-refractivity contribution in [3.63, 3.8) is 0 Å². The molecule has 2 aromatic carbocycles. The molecule has 2 fully saturated rings. The van der Waals surface area contributed by atoms with E-state index in [0.29, 0.717) is 25.0 Å². The third-order valence-electron chi connectivity index (χ3n) is 5.12. The summed E-state index contributed by atoms with van der Waals surface area (Å²) in [5, 5.41) is 0. The van der Waals surface area contributed by atoms with Crippen molar-refractivity contribution in [1.29, 1.82) is 0 Å². The molecule has 4 nitrogen and oxygen atoms in total. The second-order valence-corrected chi connectivity index (χ2v) is 8.77. The third kappa shape index (κ3) is 3.11. The van der Waals surface area contributed by atoms with Crippen molar-refractivity contribution in [2.45, 2.75) is 18.3 Å². The molecule has 5 heteroatoms. The Labute approximate surface area is 143 Å². The Bertz CT molecular complexity index is 793. The standard InChI is InChI=1S/C19H22N2O2S/c22-24(23,15-17-9-5-2-6-10-17)21-13-18-12-20(19(18)14-21)11-16-7-3-1-4-8-16/h1-10,18-19H,11-15H2/t18-,19+/m0/s1. The fraction of sp³-hybridized carbons (Fsp3) is 0.368. The molecule has 0 unspecified atom stereocenters. The fourth-order valence-corrected chi connectivity index (χ4v) is 5.40. The first-order valence-electron chi connectivity index (χ1n) is 8.41. The Balaban J connectivity index is 1.40. The van der Waals surface area contributed by atoms with Gasteiger partial charge in [0.2, 0.25) is 10.0 Å². The molecule has 2 aromatic rings. The lowest BCUT2D eigenvalue weighted by Gasteiger charge is -2.43. The molecule has 0 aromatic heterocycles. The molecule has 2 aliphatic rings. The predicted molar refractivity (Wildman–Crippen MR) is 94.8 cm³/mol. The van der Waals surface area contributed by atoms with Gasteiger partial charge in [0.15, 0.2) is 0 Å². The van der Waals surface area contributed by atoms with Crippen LogP contribution in [-0.4, -0.2) is 43.3 Å². The lowest BCUT2D eigenvalue weighted by Crippen LogP contribution is -2.54. The molecule has 4 rings (SSSR count). The van der Waals surface area contributed by atoms with E-state index in [0.717, 1.165) is 18.7 Å². The average molecular weight is 342 g/mol. The highest BCUT2D eigenvalue weighted by Crippen LogP contribution is 2.35. The van der Waals surface area contributed by atoms with Gasteiger partial charge in [0.05, 0.1) is 5.75 Å². The van der Waals surface area contributed by atoms with Crippen LogP contribution in [0.4, 0.5) is 0 Å². The molecule has 2 saturated heterocycles. The Morgan fingerprint density at radius 2 is 1.46 bits per heavy atom. The molecular weight excluding hydrogens is 320 g/mol. The summed E-state index contributed by atoms with van der Waals surface area (Å²) in [5.41, 5.74) is 2.15. The summed E-state index contributed by atoms with van der Waals surface area (Å²) in [5.74, 6) is 0.589. The molecule has 2 heterocycles. The van der Waals surface area contributed by atoms with Gasteiger partial charge in [-0.3, -0.25) is 4.90 Å². The number of likely N-dealkylation sites (tertiary alicyclic amines) is 1. The van der Waals surface area contributed by atoms with Crippen LogP contribution in [0.3, 0.4) is 0 Å². The van der Waals surface area contributed by atoms with Gasteiger partial charge in [-0.05, 0) is 11.1 Å². The fourth-order valence-electron chi connectivity index (χ4n) is 3.81. The maximum absolute atomic E-state index is 12.7. The Morgan fingerprint density at radius 1 is 0.833 bits per heavy atom. The first kappa shape index (κ1) is 15.8. The van der Waals surface area contributed by atoms with Crippen molar-refractivity contribution in [1.82, 2.24) is 9.21 Å².